The molecule has 3 nitrogen and oxygen atoms in total. The number of amides is 1. The van der Waals surface area contributed by atoms with Gasteiger partial charge in [0.05, 0.1) is 9.35 Å². The summed E-state index contributed by atoms with van der Waals surface area (Å²) < 4.78 is 1.08. The summed E-state index contributed by atoms with van der Waals surface area (Å²) in [5.74, 6) is -0.0160. The third-order valence-electron chi connectivity index (χ3n) is 4.58. The lowest BCUT2D eigenvalue weighted by molar-refractivity contribution is 0.0951. The van der Waals surface area contributed by atoms with E-state index in [4.69, 9.17) is 4.99 Å². The van der Waals surface area contributed by atoms with Crippen molar-refractivity contribution in [2.75, 3.05) is 0 Å². The fourth-order valence-electron chi connectivity index (χ4n) is 3.26. The van der Waals surface area contributed by atoms with Crippen molar-refractivity contribution < 1.29 is 4.79 Å². The number of rotatable bonds is 5. The first-order valence-electron chi connectivity index (χ1n) is 8.97. The monoisotopic (exact) mass is 458 g/mol. The molecule has 2 heterocycles. The molecule has 0 spiro atoms. The van der Waals surface area contributed by atoms with Gasteiger partial charge in [-0.1, -0.05) is 30.3 Å². The largest absolute Gasteiger partial charge is 0.348 e. The van der Waals surface area contributed by atoms with Crippen molar-refractivity contribution in [1.82, 2.24) is 5.32 Å². The lowest BCUT2D eigenvalue weighted by Crippen LogP contribution is -2.24. The number of aliphatic imine (C=N–C) groups is 1. The van der Waals surface area contributed by atoms with Crippen molar-refractivity contribution in [2.24, 2.45) is 4.99 Å². The van der Waals surface area contributed by atoms with Crippen molar-refractivity contribution in [2.45, 2.75) is 32.2 Å². The Morgan fingerprint density at radius 2 is 1.93 bits per heavy atom. The van der Waals surface area contributed by atoms with E-state index in [1.807, 2.05) is 48.7 Å². The van der Waals surface area contributed by atoms with E-state index < -0.39 is 0 Å². The van der Waals surface area contributed by atoms with Crippen LogP contribution in [0.4, 0.5) is 5.00 Å². The van der Waals surface area contributed by atoms with E-state index in [2.05, 4.69) is 21.2 Å². The fraction of sp³-hybridized carbons (Fsp3) is 0.238. The summed E-state index contributed by atoms with van der Waals surface area (Å²) in [6.45, 7) is 0.533. The van der Waals surface area contributed by atoms with Gasteiger partial charge in [0.1, 0.15) is 5.00 Å². The van der Waals surface area contributed by atoms with Crippen LogP contribution in [0.25, 0.3) is 0 Å². The molecule has 1 aromatic carbocycles. The van der Waals surface area contributed by atoms with E-state index in [9.17, 15) is 4.79 Å². The number of hydrogen-bond donors (Lipinski definition) is 1. The van der Waals surface area contributed by atoms with Crippen LogP contribution in [-0.4, -0.2) is 12.1 Å². The average molecular weight is 459 g/mol. The Labute approximate surface area is 175 Å². The van der Waals surface area contributed by atoms with Crippen LogP contribution in [0.5, 0.6) is 0 Å². The zero-order chi connectivity index (χ0) is 18.6. The Balaban J connectivity index is 1.60. The molecule has 0 saturated heterocycles. The Kier molecular flexibility index (Phi) is 5.86. The number of carbonyl (C=O) groups is 1. The number of aryl methyl sites for hydroxylation is 1. The van der Waals surface area contributed by atoms with Crippen molar-refractivity contribution >= 4 is 55.7 Å². The minimum Gasteiger partial charge on any atom is -0.348 e. The highest BCUT2D eigenvalue weighted by Gasteiger charge is 2.25. The van der Waals surface area contributed by atoms with Gasteiger partial charge < -0.3 is 5.32 Å². The summed E-state index contributed by atoms with van der Waals surface area (Å²) in [7, 11) is 0. The molecule has 27 heavy (non-hydrogen) atoms. The Hall–Kier alpha value is -1.76. The van der Waals surface area contributed by atoms with Gasteiger partial charge in [-0.3, -0.25) is 4.79 Å². The Morgan fingerprint density at radius 3 is 2.70 bits per heavy atom. The summed E-state index contributed by atoms with van der Waals surface area (Å²) in [4.78, 5) is 20.1. The molecule has 1 aliphatic rings. The molecule has 0 aliphatic heterocycles. The number of fused-ring (bicyclic) bond motifs is 1. The fourth-order valence-corrected chi connectivity index (χ4v) is 5.79. The second kappa shape index (κ2) is 8.50. The molecule has 0 atom stereocenters. The molecule has 1 N–H and O–H groups in total. The van der Waals surface area contributed by atoms with Crippen molar-refractivity contribution in [3.8, 4) is 0 Å². The molecular weight excluding hydrogens is 440 g/mol. The molecule has 3 aromatic rings. The van der Waals surface area contributed by atoms with Crippen LogP contribution in [0.3, 0.4) is 0 Å². The van der Waals surface area contributed by atoms with E-state index >= 15 is 0 Å². The van der Waals surface area contributed by atoms with Crippen LogP contribution in [0, 0.1) is 0 Å². The van der Waals surface area contributed by atoms with Crippen molar-refractivity contribution in [3.05, 3.63) is 72.7 Å². The molecule has 138 valence electrons. The molecule has 2 aromatic heterocycles. The van der Waals surface area contributed by atoms with Gasteiger partial charge in [0.15, 0.2) is 0 Å². The van der Waals surface area contributed by atoms with Crippen LogP contribution in [0.15, 0.2) is 51.2 Å². The van der Waals surface area contributed by atoms with E-state index in [0.29, 0.717) is 6.54 Å². The normalized spacial score (nSPS) is 13.7. The standard InChI is InChI=1S/C21H19BrN2OS2/c22-18-11-10-15(26-18)13-24-21-19(16-8-4-5-9-17(16)27-21)20(25)23-12-14-6-2-1-3-7-14/h1-3,6-7,10-11,13H,4-5,8-9,12H2,(H,23,25)/b24-13+. The molecule has 0 bridgehead atoms. The van der Waals surface area contributed by atoms with Gasteiger partial charge >= 0.3 is 0 Å². The second-order valence-corrected chi connectivity index (χ2v) is 10.0. The SMILES string of the molecule is O=C(NCc1ccccc1)c1c(/N=C/c2ccc(Br)s2)sc2c1CCCC2. The van der Waals surface area contributed by atoms with Crippen LogP contribution < -0.4 is 5.32 Å². The summed E-state index contributed by atoms with van der Waals surface area (Å²) in [5, 5.41) is 3.91. The first-order valence-corrected chi connectivity index (χ1v) is 11.4. The maximum Gasteiger partial charge on any atom is 0.254 e. The highest BCUT2D eigenvalue weighted by molar-refractivity contribution is 9.11. The number of carbonyl (C=O) groups excluding carboxylic acids is 1. The molecular formula is C21H19BrN2OS2. The zero-order valence-corrected chi connectivity index (χ0v) is 17.9. The van der Waals surface area contributed by atoms with Crippen molar-refractivity contribution in [1.29, 1.82) is 0 Å². The Morgan fingerprint density at radius 1 is 1.11 bits per heavy atom. The van der Waals surface area contributed by atoms with Crippen molar-refractivity contribution in [3.63, 3.8) is 0 Å². The second-order valence-electron chi connectivity index (χ2n) is 6.46. The number of halogens is 1. The van der Waals surface area contributed by atoms with Crippen LogP contribution in [-0.2, 0) is 19.4 Å². The third kappa shape index (κ3) is 4.39. The highest BCUT2D eigenvalue weighted by Crippen LogP contribution is 2.40. The number of nitrogens with one attached hydrogen (secondary N) is 1. The zero-order valence-electron chi connectivity index (χ0n) is 14.7. The van der Waals surface area contributed by atoms with E-state index in [-0.39, 0.29) is 5.91 Å². The van der Waals surface area contributed by atoms with Gasteiger partial charge in [-0.2, -0.15) is 0 Å². The minimum atomic E-state index is -0.0160. The van der Waals surface area contributed by atoms with E-state index in [1.165, 1.54) is 16.9 Å². The summed E-state index contributed by atoms with van der Waals surface area (Å²) >= 11 is 6.79. The minimum absolute atomic E-state index is 0.0160. The quantitative estimate of drug-likeness (QED) is 0.458. The molecule has 1 amide bonds. The highest BCUT2D eigenvalue weighted by atomic mass is 79.9. The molecule has 0 unspecified atom stereocenters. The molecule has 1 aliphatic carbocycles. The molecule has 4 rings (SSSR count). The van der Waals surface area contributed by atoms with Gasteiger partial charge in [0.25, 0.3) is 5.91 Å². The Bertz CT molecular complexity index is 975. The van der Waals surface area contributed by atoms with Gasteiger partial charge in [-0.25, -0.2) is 4.99 Å². The maximum absolute atomic E-state index is 13.0. The van der Waals surface area contributed by atoms with Crippen LogP contribution >= 0.6 is 38.6 Å². The van der Waals surface area contributed by atoms with Gasteiger partial charge in [0.2, 0.25) is 0 Å². The van der Waals surface area contributed by atoms with Crippen LogP contribution in [0.1, 0.15) is 44.1 Å². The van der Waals surface area contributed by atoms with Gasteiger partial charge in [0, 0.05) is 22.5 Å². The lowest BCUT2D eigenvalue weighted by atomic mass is 9.95. The topological polar surface area (TPSA) is 41.5 Å². The molecule has 6 heteroatoms. The van der Waals surface area contributed by atoms with Gasteiger partial charge in [-0.05, 0) is 64.9 Å². The van der Waals surface area contributed by atoms with E-state index in [1.54, 1.807) is 22.7 Å². The molecule has 0 saturated carbocycles. The number of nitrogens with zero attached hydrogens (tertiary/aromatic N) is 1. The first kappa shape index (κ1) is 18.6. The predicted molar refractivity (Wildman–Crippen MR) is 118 cm³/mol. The average Bonchev–Trinajstić information content (AvgIpc) is 3.28. The number of benzene rings is 1. The smallest absolute Gasteiger partial charge is 0.254 e. The number of thiophene rings is 2. The molecule has 0 radical (unpaired) electrons. The summed E-state index contributed by atoms with van der Waals surface area (Å²) in [5.41, 5.74) is 3.08. The lowest BCUT2D eigenvalue weighted by Gasteiger charge is -2.12. The predicted octanol–water partition coefficient (Wildman–Crippen LogP) is 6.13. The third-order valence-corrected chi connectivity index (χ3v) is 7.34. The van der Waals surface area contributed by atoms with E-state index in [0.717, 1.165) is 44.1 Å². The maximum atomic E-state index is 13.0. The van der Waals surface area contributed by atoms with Crippen LogP contribution in [0.2, 0.25) is 0 Å². The summed E-state index contributed by atoms with van der Waals surface area (Å²) in [6.07, 6.45) is 6.23. The number of hydrogen-bond acceptors (Lipinski definition) is 4. The van der Waals surface area contributed by atoms with Gasteiger partial charge in [-0.15, -0.1) is 22.7 Å². The molecule has 0 fully saturated rings. The summed E-state index contributed by atoms with van der Waals surface area (Å²) in [6, 6.07) is 14.1. The first-order chi connectivity index (χ1) is 13.2.